The third kappa shape index (κ3) is 3.51. The molecule has 3 aromatic rings. The highest BCUT2D eigenvalue weighted by Gasteiger charge is 2.16. The Bertz CT molecular complexity index is 912. The van der Waals surface area contributed by atoms with Crippen LogP contribution in [0.3, 0.4) is 0 Å². The van der Waals surface area contributed by atoms with Crippen LogP contribution in [-0.4, -0.2) is 33.3 Å². The number of hydrogen-bond donors (Lipinski definition) is 1. The molecule has 0 fully saturated rings. The number of anilines is 1. The van der Waals surface area contributed by atoms with Crippen LogP contribution in [0.1, 0.15) is 25.1 Å². The molecule has 0 unspecified atom stereocenters. The molecule has 0 atom stereocenters. The molecule has 1 N–H and O–H groups in total. The molecule has 0 aliphatic heterocycles. The van der Waals surface area contributed by atoms with Crippen molar-refractivity contribution in [1.29, 1.82) is 0 Å². The van der Waals surface area contributed by atoms with Gasteiger partial charge in [-0.3, -0.25) is 0 Å². The normalized spacial score (nSPS) is 11.0. The Balaban J connectivity index is 2.00. The first-order valence-electron chi connectivity index (χ1n) is 8.50. The molecule has 0 bridgehead atoms. The first kappa shape index (κ1) is 18.2. The summed E-state index contributed by atoms with van der Waals surface area (Å²) < 4.78 is 5.46. The summed E-state index contributed by atoms with van der Waals surface area (Å²) in [6.07, 6.45) is 0. The van der Waals surface area contributed by atoms with E-state index in [1.165, 1.54) is 0 Å². The van der Waals surface area contributed by atoms with E-state index in [4.69, 9.17) is 16.1 Å². The van der Waals surface area contributed by atoms with E-state index in [0.717, 1.165) is 30.2 Å². The summed E-state index contributed by atoms with van der Waals surface area (Å²) in [5.74, 6) is 1.78. The van der Waals surface area contributed by atoms with Crippen LogP contribution < -0.4 is 4.90 Å². The summed E-state index contributed by atoms with van der Waals surface area (Å²) in [6, 6.07) is 7.26. The Labute approximate surface area is 157 Å². The van der Waals surface area contributed by atoms with E-state index in [9.17, 15) is 5.11 Å². The minimum Gasteiger partial charge on any atom is -0.506 e. The number of halogens is 1. The van der Waals surface area contributed by atoms with Crippen LogP contribution in [0, 0.1) is 13.8 Å². The van der Waals surface area contributed by atoms with Crippen molar-refractivity contribution in [3.05, 3.63) is 40.5 Å². The van der Waals surface area contributed by atoms with Crippen molar-refractivity contribution in [2.24, 2.45) is 0 Å². The number of benzene rings is 1. The second kappa shape index (κ2) is 7.33. The number of aromatic hydroxyl groups is 1. The number of pyridine rings is 1. The van der Waals surface area contributed by atoms with Gasteiger partial charge in [-0.05, 0) is 57.5 Å². The van der Waals surface area contributed by atoms with Crippen molar-refractivity contribution < 1.29 is 9.63 Å². The molecule has 0 aliphatic rings. The molecular weight excluding hydrogens is 352 g/mol. The van der Waals surface area contributed by atoms with Gasteiger partial charge >= 0.3 is 0 Å². The summed E-state index contributed by atoms with van der Waals surface area (Å²) in [5, 5.41) is 14.1. The second-order valence-corrected chi connectivity index (χ2v) is 6.48. The Hall–Kier alpha value is -2.60. The van der Waals surface area contributed by atoms with Crippen LogP contribution in [0.4, 0.5) is 5.82 Å². The highest BCUT2D eigenvalue weighted by atomic mass is 35.5. The fourth-order valence-electron chi connectivity index (χ4n) is 2.81. The van der Waals surface area contributed by atoms with E-state index in [2.05, 4.69) is 33.9 Å². The third-order valence-electron chi connectivity index (χ3n) is 4.21. The minimum absolute atomic E-state index is 0.0627. The minimum atomic E-state index is 0.0627. The number of phenolic OH excluding ortho intramolecular Hbond substituents is 1. The number of aromatic nitrogens is 3. The lowest BCUT2D eigenvalue weighted by Crippen LogP contribution is -2.23. The zero-order valence-corrected chi connectivity index (χ0v) is 16.0. The highest BCUT2D eigenvalue weighted by molar-refractivity contribution is 6.32. The number of phenols is 1. The lowest BCUT2D eigenvalue weighted by molar-refractivity contribution is 0.432. The number of hydrogen-bond acceptors (Lipinski definition) is 6. The zero-order chi connectivity index (χ0) is 18.8. The molecule has 26 heavy (non-hydrogen) atoms. The molecule has 0 spiro atoms. The SMILES string of the molecule is CCN(CC)c1cc(-c2nc(-c3cc(C)c(O)c(Cl)c3)no2)cc(C)n1. The lowest BCUT2D eigenvalue weighted by Gasteiger charge is -2.20. The molecular formula is C19H21ClN4O2. The van der Waals surface area contributed by atoms with Gasteiger partial charge in [0.05, 0.1) is 5.02 Å². The molecule has 1 aromatic carbocycles. The maximum absolute atomic E-state index is 9.81. The average Bonchev–Trinajstić information content (AvgIpc) is 3.10. The van der Waals surface area contributed by atoms with E-state index in [1.54, 1.807) is 19.1 Å². The highest BCUT2D eigenvalue weighted by Crippen LogP contribution is 2.33. The number of rotatable bonds is 5. The molecule has 6 nitrogen and oxygen atoms in total. The average molecular weight is 373 g/mol. The van der Waals surface area contributed by atoms with Gasteiger partial charge in [0.1, 0.15) is 11.6 Å². The van der Waals surface area contributed by atoms with E-state index < -0.39 is 0 Å². The van der Waals surface area contributed by atoms with Gasteiger partial charge in [-0.2, -0.15) is 4.98 Å². The Morgan fingerprint density at radius 2 is 1.77 bits per heavy atom. The maximum Gasteiger partial charge on any atom is 0.258 e. The van der Waals surface area contributed by atoms with E-state index in [-0.39, 0.29) is 10.8 Å². The van der Waals surface area contributed by atoms with Crippen molar-refractivity contribution in [2.45, 2.75) is 27.7 Å². The third-order valence-corrected chi connectivity index (χ3v) is 4.50. The Morgan fingerprint density at radius 1 is 1.04 bits per heavy atom. The van der Waals surface area contributed by atoms with Crippen LogP contribution in [0.25, 0.3) is 22.8 Å². The number of nitrogens with zero attached hydrogens (tertiary/aromatic N) is 4. The maximum atomic E-state index is 9.81. The van der Waals surface area contributed by atoms with Gasteiger partial charge in [0.15, 0.2) is 0 Å². The molecule has 2 aromatic heterocycles. The van der Waals surface area contributed by atoms with Gasteiger partial charge in [0, 0.05) is 29.9 Å². The van der Waals surface area contributed by atoms with Crippen molar-refractivity contribution >= 4 is 17.4 Å². The van der Waals surface area contributed by atoms with Crippen molar-refractivity contribution in [3.63, 3.8) is 0 Å². The van der Waals surface area contributed by atoms with Gasteiger partial charge in [0.25, 0.3) is 5.89 Å². The largest absolute Gasteiger partial charge is 0.506 e. The molecule has 0 saturated heterocycles. The van der Waals surface area contributed by atoms with Gasteiger partial charge in [0.2, 0.25) is 5.82 Å². The molecule has 3 rings (SSSR count). The summed E-state index contributed by atoms with van der Waals surface area (Å²) >= 11 is 6.05. The smallest absolute Gasteiger partial charge is 0.258 e. The summed E-state index contributed by atoms with van der Waals surface area (Å²) in [6.45, 7) is 9.63. The standard InChI is InChI=1S/C19H21ClN4O2/c1-5-24(6-2)16-10-14(8-12(4)21-16)19-22-18(23-26-19)13-7-11(3)17(25)15(20)9-13/h7-10,25H,5-6H2,1-4H3. The molecule has 7 heteroatoms. The Kier molecular flexibility index (Phi) is 5.13. The van der Waals surface area contributed by atoms with Crippen LogP contribution >= 0.6 is 11.6 Å². The van der Waals surface area contributed by atoms with E-state index in [0.29, 0.717) is 22.8 Å². The molecule has 0 amide bonds. The van der Waals surface area contributed by atoms with Gasteiger partial charge in [-0.15, -0.1) is 0 Å². The molecule has 0 aliphatic carbocycles. The van der Waals surface area contributed by atoms with E-state index in [1.807, 2.05) is 19.1 Å². The van der Waals surface area contributed by atoms with Crippen molar-refractivity contribution in [2.75, 3.05) is 18.0 Å². The summed E-state index contributed by atoms with van der Waals surface area (Å²) in [4.78, 5) is 11.2. The quantitative estimate of drug-likeness (QED) is 0.704. The van der Waals surface area contributed by atoms with Crippen LogP contribution in [0.15, 0.2) is 28.8 Å². The zero-order valence-electron chi connectivity index (χ0n) is 15.2. The molecule has 0 saturated carbocycles. The summed E-state index contributed by atoms with van der Waals surface area (Å²) in [5.41, 5.74) is 3.05. The monoisotopic (exact) mass is 372 g/mol. The number of aryl methyl sites for hydroxylation is 2. The van der Waals surface area contributed by atoms with E-state index >= 15 is 0 Å². The molecule has 2 heterocycles. The van der Waals surface area contributed by atoms with Gasteiger partial charge in [-0.1, -0.05) is 16.8 Å². The fourth-order valence-corrected chi connectivity index (χ4v) is 3.07. The van der Waals surface area contributed by atoms with Crippen LogP contribution in [0.5, 0.6) is 5.75 Å². The molecule has 0 radical (unpaired) electrons. The predicted octanol–water partition coefficient (Wildman–Crippen LogP) is 4.62. The van der Waals surface area contributed by atoms with Crippen LogP contribution in [-0.2, 0) is 0 Å². The topological polar surface area (TPSA) is 75.3 Å². The van der Waals surface area contributed by atoms with Gasteiger partial charge in [-0.25, -0.2) is 4.98 Å². The van der Waals surface area contributed by atoms with Crippen molar-refractivity contribution in [1.82, 2.24) is 15.1 Å². The second-order valence-electron chi connectivity index (χ2n) is 6.07. The van der Waals surface area contributed by atoms with Crippen LogP contribution in [0.2, 0.25) is 5.02 Å². The first-order chi connectivity index (χ1) is 12.4. The van der Waals surface area contributed by atoms with Crippen molar-refractivity contribution in [3.8, 4) is 28.6 Å². The molecule has 136 valence electrons. The van der Waals surface area contributed by atoms with Gasteiger partial charge < -0.3 is 14.5 Å². The fraction of sp³-hybridized carbons (Fsp3) is 0.316. The lowest BCUT2D eigenvalue weighted by atomic mass is 10.1. The predicted molar refractivity (Wildman–Crippen MR) is 103 cm³/mol. The Morgan fingerprint density at radius 3 is 2.42 bits per heavy atom. The summed E-state index contributed by atoms with van der Waals surface area (Å²) in [7, 11) is 0. The first-order valence-corrected chi connectivity index (χ1v) is 8.87.